The van der Waals surface area contributed by atoms with Crippen molar-refractivity contribution in [3.05, 3.63) is 29.6 Å². The molecule has 2 rings (SSSR count). The summed E-state index contributed by atoms with van der Waals surface area (Å²) in [5, 5.41) is 11.1. The number of hydrogen-bond acceptors (Lipinski definition) is 3. The van der Waals surface area contributed by atoms with Gasteiger partial charge in [0.15, 0.2) is 5.82 Å². The van der Waals surface area contributed by atoms with Crippen molar-refractivity contribution >= 4 is 11.6 Å². The summed E-state index contributed by atoms with van der Waals surface area (Å²) in [6.07, 6.45) is 0.963. The average molecular weight is 234 g/mol. The van der Waals surface area contributed by atoms with E-state index in [9.17, 15) is 9.18 Å². The highest BCUT2D eigenvalue weighted by atomic mass is 19.1. The minimum absolute atomic E-state index is 0.0181. The highest BCUT2D eigenvalue weighted by Gasteiger charge is 2.24. The van der Waals surface area contributed by atoms with Crippen molar-refractivity contribution in [3.8, 4) is 6.07 Å². The number of nitrogens with one attached hydrogen (secondary N) is 1. The zero-order valence-corrected chi connectivity index (χ0v) is 9.07. The molecule has 1 heterocycles. The molecule has 1 unspecified atom stereocenters. The van der Waals surface area contributed by atoms with Crippen molar-refractivity contribution < 1.29 is 13.9 Å². The van der Waals surface area contributed by atoms with E-state index < -0.39 is 11.9 Å². The topological polar surface area (TPSA) is 62.1 Å². The number of rotatable bonds is 2. The number of hydrogen-bond donors (Lipinski definition) is 1. The standard InChI is InChI=1S/C12H11FN2O2/c13-11-8(7-14)3-1-4-9(11)15-12(16)10-5-2-6-17-10/h1,3-4,10H,2,5-6H2,(H,15,16). The maximum atomic E-state index is 13.6. The molecule has 1 saturated heterocycles. The molecule has 0 radical (unpaired) electrons. The quantitative estimate of drug-likeness (QED) is 0.848. The molecule has 1 aromatic rings. The summed E-state index contributed by atoms with van der Waals surface area (Å²) in [5.41, 5.74) is -0.0697. The fourth-order valence-corrected chi connectivity index (χ4v) is 1.71. The molecule has 1 amide bonds. The second-order valence-electron chi connectivity index (χ2n) is 3.77. The molecule has 0 bridgehead atoms. The van der Waals surface area contributed by atoms with Gasteiger partial charge < -0.3 is 10.1 Å². The summed E-state index contributed by atoms with van der Waals surface area (Å²) in [5.74, 6) is -1.07. The third-order valence-electron chi connectivity index (χ3n) is 2.60. The predicted molar refractivity (Wildman–Crippen MR) is 58.7 cm³/mol. The van der Waals surface area contributed by atoms with E-state index in [0.717, 1.165) is 6.42 Å². The van der Waals surface area contributed by atoms with Crippen LogP contribution in [-0.2, 0) is 9.53 Å². The van der Waals surface area contributed by atoms with E-state index in [-0.39, 0.29) is 17.2 Å². The smallest absolute Gasteiger partial charge is 0.253 e. The van der Waals surface area contributed by atoms with Crippen molar-refractivity contribution in [2.24, 2.45) is 0 Å². The Morgan fingerprint density at radius 1 is 1.59 bits per heavy atom. The van der Waals surface area contributed by atoms with Crippen molar-refractivity contribution in [3.63, 3.8) is 0 Å². The zero-order valence-electron chi connectivity index (χ0n) is 9.07. The Kier molecular flexibility index (Phi) is 3.35. The van der Waals surface area contributed by atoms with E-state index in [1.54, 1.807) is 6.07 Å². The van der Waals surface area contributed by atoms with Crippen LogP contribution in [0.2, 0.25) is 0 Å². The first-order chi connectivity index (χ1) is 8.22. The number of nitrogens with zero attached hydrogens (tertiary/aromatic N) is 1. The van der Waals surface area contributed by atoms with Gasteiger partial charge in [-0.05, 0) is 25.0 Å². The van der Waals surface area contributed by atoms with E-state index in [0.29, 0.717) is 13.0 Å². The Hall–Kier alpha value is -1.93. The number of halogens is 1. The molecular formula is C12H11FN2O2. The Morgan fingerprint density at radius 2 is 2.41 bits per heavy atom. The molecule has 1 atom stereocenters. The normalized spacial score (nSPS) is 18.7. The number of benzene rings is 1. The van der Waals surface area contributed by atoms with Gasteiger partial charge in [0.1, 0.15) is 12.2 Å². The molecule has 1 aromatic carbocycles. The summed E-state index contributed by atoms with van der Waals surface area (Å²) in [6.45, 7) is 0.554. The van der Waals surface area contributed by atoms with Crippen LogP contribution in [0, 0.1) is 17.1 Å². The maximum Gasteiger partial charge on any atom is 0.253 e. The fraction of sp³-hybridized carbons (Fsp3) is 0.333. The second kappa shape index (κ2) is 4.93. The lowest BCUT2D eigenvalue weighted by Gasteiger charge is -2.11. The lowest BCUT2D eigenvalue weighted by atomic mass is 10.2. The van der Waals surface area contributed by atoms with Crippen LogP contribution in [0.25, 0.3) is 0 Å². The van der Waals surface area contributed by atoms with Gasteiger partial charge in [0.25, 0.3) is 5.91 Å². The van der Waals surface area contributed by atoms with Crippen molar-refractivity contribution in [2.45, 2.75) is 18.9 Å². The van der Waals surface area contributed by atoms with Crippen LogP contribution in [0.15, 0.2) is 18.2 Å². The molecule has 4 nitrogen and oxygen atoms in total. The SMILES string of the molecule is N#Cc1cccc(NC(=O)C2CCCO2)c1F. The van der Waals surface area contributed by atoms with Crippen LogP contribution in [-0.4, -0.2) is 18.6 Å². The molecule has 0 aromatic heterocycles. The maximum absolute atomic E-state index is 13.6. The monoisotopic (exact) mass is 234 g/mol. The van der Waals surface area contributed by atoms with Crippen LogP contribution in [0.1, 0.15) is 18.4 Å². The van der Waals surface area contributed by atoms with Crippen molar-refractivity contribution in [1.29, 1.82) is 5.26 Å². The molecule has 0 aliphatic carbocycles. The molecular weight excluding hydrogens is 223 g/mol. The number of carbonyl (C=O) groups is 1. The second-order valence-corrected chi connectivity index (χ2v) is 3.77. The molecule has 1 fully saturated rings. The third-order valence-corrected chi connectivity index (χ3v) is 2.60. The van der Waals surface area contributed by atoms with E-state index >= 15 is 0 Å². The van der Waals surface area contributed by atoms with Crippen LogP contribution in [0.5, 0.6) is 0 Å². The van der Waals surface area contributed by atoms with Gasteiger partial charge in [0.05, 0.1) is 11.3 Å². The fourth-order valence-electron chi connectivity index (χ4n) is 1.71. The highest BCUT2D eigenvalue weighted by Crippen LogP contribution is 2.19. The number of amides is 1. The summed E-state index contributed by atoms with van der Waals surface area (Å²) in [4.78, 5) is 11.7. The Labute approximate surface area is 98.0 Å². The van der Waals surface area contributed by atoms with Gasteiger partial charge in [0, 0.05) is 6.61 Å². The summed E-state index contributed by atoms with van der Waals surface area (Å²) in [7, 11) is 0. The first-order valence-corrected chi connectivity index (χ1v) is 5.33. The van der Waals surface area contributed by atoms with Gasteiger partial charge in [-0.3, -0.25) is 4.79 Å². The lowest BCUT2D eigenvalue weighted by Crippen LogP contribution is -2.27. The van der Waals surface area contributed by atoms with Crippen molar-refractivity contribution in [2.75, 3.05) is 11.9 Å². The van der Waals surface area contributed by atoms with Crippen LogP contribution >= 0.6 is 0 Å². The predicted octanol–water partition coefficient (Wildman–Crippen LogP) is 1.81. The Morgan fingerprint density at radius 3 is 3.06 bits per heavy atom. The summed E-state index contributed by atoms with van der Waals surface area (Å²) >= 11 is 0. The molecule has 5 heteroatoms. The van der Waals surface area contributed by atoms with Gasteiger partial charge in [-0.25, -0.2) is 4.39 Å². The van der Waals surface area contributed by atoms with E-state index in [2.05, 4.69) is 5.32 Å². The average Bonchev–Trinajstić information content (AvgIpc) is 2.85. The highest BCUT2D eigenvalue weighted by molar-refractivity contribution is 5.94. The van der Waals surface area contributed by atoms with Gasteiger partial charge in [-0.15, -0.1) is 0 Å². The van der Waals surface area contributed by atoms with Crippen LogP contribution in [0.4, 0.5) is 10.1 Å². The van der Waals surface area contributed by atoms with Gasteiger partial charge in [0.2, 0.25) is 0 Å². The molecule has 1 aliphatic heterocycles. The van der Waals surface area contributed by atoms with Gasteiger partial charge >= 0.3 is 0 Å². The number of ether oxygens (including phenoxy) is 1. The Bertz CT molecular complexity index is 476. The van der Waals surface area contributed by atoms with E-state index in [1.807, 2.05) is 0 Å². The number of carbonyl (C=O) groups excluding carboxylic acids is 1. The van der Waals surface area contributed by atoms with Crippen LogP contribution < -0.4 is 5.32 Å². The first kappa shape index (κ1) is 11.6. The largest absolute Gasteiger partial charge is 0.368 e. The molecule has 1 N–H and O–H groups in total. The van der Waals surface area contributed by atoms with Gasteiger partial charge in [-0.2, -0.15) is 5.26 Å². The summed E-state index contributed by atoms with van der Waals surface area (Å²) in [6, 6.07) is 6.02. The lowest BCUT2D eigenvalue weighted by molar-refractivity contribution is -0.124. The summed E-state index contributed by atoms with van der Waals surface area (Å²) < 4.78 is 18.8. The minimum atomic E-state index is -0.707. The Balaban J connectivity index is 2.13. The molecule has 88 valence electrons. The van der Waals surface area contributed by atoms with Crippen molar-refractivity contribution in [1.82, 2.24) is 0 Å². The zero-order chi connectivity index (χ0) is 12.3. The van der Waals surface area contributed by atoms with Crippen LogP contribution in [0.3, 0.4) is 0 Å². The molecule has 17 heavy (non-hydrogen) atoms. The number of nitriles is 1. The van der Waals surface area contributed by atoms with Gasteiger partial charge in [-0.1, -0.05) is 6.07 Å². The number of anilines is 1. The van der Waals surface area contributed by atoms with E-state index in [4.69, 9.17) is 10.00 Å². The van der Waals surface area contributed by atoms with E-state index in [1.165, 1.54) is 18.2 Å². The third kappa shape index (κ3) is 2.43. The molecule has 0 spiro atoms. The molecule has 0 saturated carbocycles. The minimum Gasteiger partial charge on any atom is -0.368 e. The molecule has 1 aliphatic rings. The first-order valence-electron chi connectivity index (χ1n) is 5.33.